The second kappa shape index (κ2) is 8.10. The second-order valence-electron chi connectivity index (χ2n) is 6.94. The lowest BCUT2D eigenvalue weighted by Crippen LogP contribution is -2.36. The van der Waals surface area contributed by atoms with Crippen molar-refractivity contribution < 1.29 is 4.79 Å². The van der Waals surface area contributed by atoms with E-state index in [9.17, 15) is 4.79 Å². The number of rotatable bonds is 7. The smallest absolute Gasteiger partial charge is 0.120 e. The van der Waals surface area contributed by atoms with Gasteiger partial charge in [0.2, 0.25) is 0 Å². The maximum atomic E-state index is 10.8. The van der Waals surface area contributed by atoms with Crippen molar-refractivity contribution in [3.05, 3.63) is 132 Å². The molecule has 0 aliphatic carbocycles. The number of hydrogen-bond donors (Lipinski definition) is 0. The molecule has 1 heterocycles. The van der Waals surface area contributed by atoms with Crippen LogP contribution < -0.4 is 0 Å². The van der Waals surface area contributed by atoms with Crippen molar-refractivity contribution in [3.63, 3.8) is 0 Å². The molecular weight excluding hydrogens is 342 g/mol. The van der Waals surface area contributed by atoms with Crippen LogP contribution in [-0.2, 0) is 16.8 Å². The van der Waals surface area contributed by atoms with E-state index in [1.54, 1.807) is 0 Å². The third-order valence-electron chi connectivity index (χ3n) is 5.27. The molecule has 0 aliphatic heterocycles. The standard InChI is InChI=1S/C26H23NO/c28-20-10-11-22-18-19-27(21-22)26(23-12-4-1-5-13-23,24-14-6-2-7-15-24)25-16-8-3-9-17-25/h1-9,12-21H,10-11H2. The number of hydrogen-bond acceptors (Lipinski definition) is 1. The van der Waals surface area contributed by atoms with Crippen molar-refractivity contribution in [2.75, 3.05) is 0 Å². The Morgan fingerprint density at radius 1 is 0.679 bits per heavy atom. The summed E-state index contributed by atoms with van der Waals surface area (Å²) in [4.78, 5) is 10.8. The maximum Gasteiger partial charge on any atom is 0.120 e. The first-order valence-corrected chi connectivity index (χ1v) is 9.63. The van der Waals surface area contributed by atoms with E-state index in [4.69, 9.17) is 0 Å². The average Bonchev–Trinajstić information content (AvgIpc) is 3.24. The van der Waals surface area contributed by atoms with Crippen LogP contribution in [0.5, 0.6) is 0 Å². The number of carbonyl (C=O) groups is 1. The fourth-order valence-electron chi connectivity index (χ4n) is 4.01. The van der Waals surface area contributed by atoms with Gasteiger partial charge in [-0.15, -0.1) is 0 Å². The molecule has 0 aliphatic rings. The molecule has 0 bridgehead atoms. The third kappa shape index (κ3) is 3.18. The zero-order valence-corrected chi connectivity index (χ0v) is 15.7. The molecule has 0 atom stereocenters. The molecule has 4 rings (SSSR count). The summed E-state index contributed by atoms with van der Waals surface area (Å²) in [5, 5.41) is 0. The van der Waals surface area contributed by atoms with Crippen LogP contribution in [0.4, 0.5) is 0 Å². The minimum atomic E-state index is -0.483. The van der Waals surface area contributed by atoms with Crippen LogP contribution in [-0.4, -0.2) is 10.9 Å². The Kier molecular flexibility index (Phi) is 5.20. The molecule has 0 amide bonds. The lowest BCUT2D eigenvalue weighted by Gasteiger charge is -2.37. The van der Waals surface area contributed by atoms with Crippen LogP contribution in [0.1, 0.15) is 28.7 Å². The Bertz CT molecular complexity index is 923. The van der Waals surface area contributed by atoms with Crippen molar-refractivity contribution >= 4 is 6.29 Å². The molecular formula is C26H23NO. The largest absolute Gasteiger partial charge is 0.336 e. The molecule has 0 saturated heterocycles. The SMILES string of the molecule is O=CCCc1ccn(C(c2ccccc2)(c2ccccc2)c2ccccc2)c1. The van der Waals surface area contributed by atoms with E-state index < -0.39 is 5.54 Å². The Balaban J connectivity index is 2.01. The molecule has 0 radical (unpaired) electrons. The van der Waals surface area contributed by atoms with E-state index in [1.165, 1.54) is 22.3 Å². The summed E-state index contributed by atoms with van der Waals surface area (Å²) >= 11 is 0. The highest BCUT2D eigenvalue weighted by Crippen LogP contribution is 2.41. The molecule has 2 nitrogen and oxygen atoms in total. The van der Waals surface area contributed by atoms with Crippen LogP contribution in [0.15, 0.2) is 109 Å². The molecule has 4 aromatic rings. The quantitative estimate of drug-likeness (QED) is 0.315. The number of aromatic nitrogens is 1. The minimum Gasteiger partial charge on any atom is -0.336 e. The molecule has 138 valence electrons. The molecule has 28 heavy (non-hydrogen) atoms. The highest BCUT2D eigenvalue weighted by molar-refractivity contribution is 5.52. The summed E-state index contributed by atoms with van der Waals surface area (Å²) < 4.78 is 2.28. The molecule has 0 N–H and O–H groups in total. The number of aldehydes is 1. The van der Waals surface area contributed by atoms with E-state index in [-0.39, 0.29) is 0 Å². The van der Waals surface area contributed by atoms with Crippen LogP contribution in [0.25, 0.3) is 0 Å². The van der Waals surface area contributed by atoms with Gasteiger partial charge in [-0.1, -0.05) is 91.0 Å². The van der Waals surface area contributed by atoms with E-state index in [0.29, 0.717) is 6.42 Å². The van der Waals surface area contributed by atoms with Gasteiger partial charge in [-0.05, 0) is 34.7 Å². The van der Waals surface area contributed by atoms with Crippen molar-refractivity contribution in [2.45, 2.75) is 18.4 Å². The minimum absolute atomic E-state index is 0.483. The van der Waals surface area contributed by atoms with Gasteiger partial charge < -0.3 is 9.36 Å². The molecule has 0 saturated carbocycles. The van der Waals surface area contributed by atoms with Gasteiger partial charge in [0.05, 0.1) is 0 Å². The summed E-state index contributed by atoms with van der Waals surface area (Å²) in [5.74, 6) is 0. The Hall–Kier alpha value is -3.39. The van der Waals surface area contributed by atoms with E-state index in [1.807, 2.05) is 0 Å². The Morgan fingerprint density at radius 3 is 1.57 bits per heavy atom. The second-order valence-corrected chi connectivity index (χ2v) is 6.94. The first-order chi connectivity index (χ1) is 13.9. The van der Waals surface area contributed by atoms with E-state index in [2.05, 4.69) is 114 Å². The molecule has 1 aromatic heterocycles. The van der Waals surface area contributed by atoms with Crippen molar-refractivity contribution in [1.82, 2.24) is 4.57 Å². The van der Waals surface area contributed by atoms with Gasteiger partial charge in [-0.25, -0.2) is 0 Å². The molecule has 0 fully saturated rings. The number of carbonyl (C=O) groups excluding carboxylic acids is 1. The first-order valence-electron chi connectivity index (χ1n) is 9.63. The van der Waals surface area contributed by atoms with Gasteiger partial charge >= 0.3 is 0 Å². The van der Waals surface area contributed by atoms with Crippen LogP contribution in [0, 0.1) is 0 Å². The zero-order valence-electron chi connectivity index (χ0n) is 15.7. The lowest BCUT2D eigenvalue weighted by molar-refractivity contribution is -0.107. The number of nitrogens with zero attached hydrogens (tertiary/aromatic N) is 1. The highest BCUT2D eigenvalue weighted by atomic mass is 16.1. The van der Waals surface area contributed by atoms with Crippen molar-refractivity contribution in [2.24, 2.45) is 0 Å². The monoisotopic (exact) mass is 365 g/mol. The topological polar surface area (TPSA) is 22.0 Å². The van der Waals surface area contributed by atoms with Crippen LogP contribution >= 0.6 is 0 Å². The fourth-order valence-corrected chi connectivity index (χ4v) is 4.01. The van der Waals surface area contributed by atoms with Gasteiger partial charge in [-0.3, -0.25) is 0 Å². The summed E-state index contributed by atoms with van der Waals surface area (Å²) in [6.45, 7) is 0. The molecule has 2 heteroatoms. The number of aryl methyl sites for hydroxylation is 1. The van der Waals surface area contributed by atoms with Crippen LogP contribution in [0.3, 0.4) is 0 Å². The van der Waals surface area contributed by atoms with E-state index in [0.717, 1.165) is 12.7 Å². The van der Waals surface area contributed by atoms with Crippen molar-refractivity contribution in [3.8, 4) is 0 Å². The fraction of sp³-hybridized carbons (Fsp3) is 0.115. The van der Waals surface area contributed by atoms with Gasteiger partial charge in [0.15, 0.2) is 0 Å². The van der Waals surface area contributed by atoms with Gasteiger partial charge in [0.25, 0.3) is 0 Å². The van der Waals surface area contributed by atoms with E-state index >= 15 is 0 Å². The zero-order chi connectivity index (χ0) is 19.2. The maximum absolute atomic E-state index is 10.8. The van der Waals surface area contributed by atoms with Crippen LogP contribution in [0.2, 0.25) is 0 Å². The summed E-state index contributed by atoms with van der Waals surface area (Å²) in [6.07, 6.45) is 6.59. The predicted molar refractivity (Wildman–Crippen MR) is 113 cm³/mol. The number of benzene rings is 3. The average molecular weight is 365 g/mol. The molecule has 0 unspecified atom stereocenters. The Labute approximate surface area is 166 Å². The lowest BCUT2D eigenvalue weighted by atomic mass is 9.77. The molecule has 3 aromatic carbocycles. The third-order valence-corrected chi connectivity index (χ3v) is 5.27. The van der Waals surface area contributed by atoms with Crippen molar-refractivity contribution in [1.29, 1.82) is 0 Å². The summed E-state index contributed by atoms with van der Waals surface area (Å²) in [7, 11) is 0. The molecule has 0 spiro atoms. The predicted octanol–water partition coefficient (Wildman–Crippen LogP) is 5.46. The summed E-state index contributed by atoms with van der Waals surface area (Å²) in [5.41, 5.74) is 4.28. The Morgan fingerprint density at radius 2 is 1.14 bits per heavy atom. The first kappa shape index (κ1) is 18.0. The highest BCUT2D eigenvalue weighted by Gasteiger charge is 2.37. The van der Waals surface area contributed by atoms with Gasteiger partial charge in [-0.2, -0.15) is 0 Å². The normalized spacial score (nSPS) is 11.3. The summed E-state index contributed by atoms with van der Waals surface area (Å²) in [6, 6.07) is 33.9. The van der Waals surface area contributed by atoms with Gasteiger partial charge in [0, 0.05) is 18.8 Å². The van der Waals surface area contributed by atoms with Gasteiger partial charge in [0.1, 0.15) is 11.8 Å².